The minimum Gasteiger partial charge on any atom is -0.474 e. The van der Waals surface area contributed by atoms with Gasteiger partial charge in [-0.25, -0.2) is 8.78 Å². The van der Waals surface area contributed by atoms with Crippen LogP contribution < -0.4 is 15.2 Å². The fraction of sp³-hybridized carbons (Fsp3) is 0.452. The maximum Gasteiger partial charge on any atom is 0.320 e. The molecule has 0 amide bonds. The van der Waals surface area contributed by atoms with Crippen LogP contribution >= 0.6 is 22.9 Å². The van der Waals surface area contributed by atoms with Crippen LogP contribution in [0.15, 0.2) is 18.2 Å². The third-order valence-corrected chi connectivity index (χ3v) is 10.5. The van der Waals surface area contributed by atoms with Crippen LogP contribution in [0.4, 0.5) is 13.8 Å². The number of ether oxygens (including phenoxy) is 2. The predicted octanol–water partition coefficient (Wildman–Crippen LogP) is 7.62. The number of rotatable bonds is 6. The van der Waals surface area contributed by atoms with E-state index in [1.54, 1.807) is 6.07 Å². The molecule has 4 heterocycles. The number of fused-ring (bicyclic) bond motifs is 3. The van der Waals surface area contributed by atoms with Crippen LogP contribution in [0.5, 0.6) is 11.9 Å². The van der Waals surface area contributed by atoms with E-state index in [0.29, 0.717) is 12.0 Å². The van der Waals surface area contributed by atoms with Crippen LogP contribution in [0, 0.1) is 23.0 Å². The number of aromatic nitrogens is 2. The molecule has 42 heavy (non-hydrogen) atoms. The first-order valence-corrected chi connectivity index (χ1v) is 15.7. The average Bonchev–Trinajstić information content (AvgIpc) is 3.67. The third-order valence-electron chi connectivity index (χ3n) is 9.14. The summed E-state index contributed by atoms with van der Waals surface area (Å²) >= 11 is 7.70. The molecule has 1 saturated carbocycles. The van der Waals surface area contributed by atoms with Gasteiger partial charge in [-0.2, -0.15) is 15.2 Å². The summed E-state index contributed by atoms with van der Waals surface area (Å²) in [5.74, 6) is -1.03. The molecule has 0 unspecified atom stereocenters. The molecule has 2 aliphatic heterocycles. The number of hydrogen-bond acceptors (Lipinski definition) is 8. The Labute approximate surface area is 251 Å². The van der Waals surface area contributed by atoms with Gasteiger partial charge in [0.2, 0.25) is 5.88 Å². The van der Waals surface area contributed by atoms with E-state index in [9.17, 15) is 9.65 Å². The van der Waals surface area contributed by atoms with Crippen LogP contribution in [0.2, 0.25) is 5.02 Å². The zero-order valence-electron chi connectivity index (χ0n) is 23.0. The summed E-state index contributed by atoms with van der Waals surface area (Å²) < 4.78 is 44.2. The largest absolute Gasteiger partial charge is 0.474 e. The third kappa shape index (κ3) is 4.53. The maximum absolute atomic E-state index is 16.7. The van der Waals surface area contributed by atoms with Crippen molar-refractivity contribution in [3.63, 3.8) is 0 Å². The molecule has 7 rings (SSSR count). The van der Waals surface area contributed by atoms with Gasteiger partial charge in [0.15, 0.2) is 5.82 Å². The molecule has 0 spiro atoms. The van der Waals surface area contributed by atoms with Crippen LogP contribution in [-0.4, -0.2) is 46.2 Å². The average molecular weight is 610 g/mol. The first kappa shape index (κ1) is 27.6. The summed E-state index contributed by atoms with van der Waals surface area (Å²) in [6.07, 6.45) is 9.34. The van der Waals surface area contributed by atoms with Crippen molar-refractivity contribution in [1.29, 1.82) is 5.26 Å². The second-order valence-electron chi connectivity index (χ2n) is 11.6. The first-order chi connectivity index (χ1) is 20.4. The minimum atomic E-state index is -0.721. The molecule has 7 nitrogen and oxygen atoms in total. The fourth-order valence-electron chi connectivity index (χ4n) is 7.06. The second-order valence-corrected chi connectivity index (χ2v) is 13.1. The van der Waals surface area contributed by atoms with E-state index < -0.39 is 11.6 Å². The van der Waals surface area contributed by atoms with Crippen molar-refractivity contribution in [2.75, 3.05) is 25.4 Å². The number of nitrogen functional groups attached to an aromatic ring is 1. The molecule has 3 fully saturated rings. The van der Waals surface area contributed by atoms with Crippen LogP contribution in [-0.2, 0) is 0 Å². The zero-order chi connectivity index (χ0) is 29.0. The Balaban J connectivity index is 1.37. The topological polar surface area (TPSA) is 97.3 Å². The van der Waals surface area contributed by atoms with E-state index in [2.05, 4.69) is 14.9 Å². The highest BCUT2D eigenvalue weighted by molar-refractivity contribution is 7.23. The molecule has 2 saturated heterocycles. The Morgan fingerprint density at radius 1 is 1.12 bits per heavy atom. The number of hydrogen-bond donors (Lipinski definition) is 1. The first-order valence-electron chi connectivity index (χ1n) is 14.5. The van der Waals surface area contributed by atoms with Gasteiger partial charge in [0.05, 0.1) is 26.2 Å². The summed E-state index contributed by atoms with van der Waals surface area (Å²) in [6, 6.07) is 6.33. The molecule has 1 aliphatic carbocycles. The van der Waals surface area contributed by atoms with Gasteiger partial charge < -0.3 is 15.2 Å². The summed E-state index contributed by atoms with van der Waals surface area (Å²) in [5.41, 5.74) is 6.36. The van der Waals surface area contributed by atoms with Crippen molar-refractivity contribution in [2.24, 2.45) is 0 Å². The monoisotopic (exact) mass is 609 g/mol. The van der Waals surface area contributed by atoms with Gasteiger partial charge in [-0.05, 0) is 82.2 Å². The smallest absolute Gasteiger partial charge is 0.320 e. The van der Waals surface area contributed by atoms with Crippen molar-refractivity contribution < 1.29 is 18.3 Å². The van der Waals surface area contributed by atoms with E-state index in [1.165, 1.54) is 12.1 Å². The second kappa shape index (κ2) is 10.8. The number of nitriles is 1. The molecule has 0 bridgehead atoms. The molecule has 2 aromatic heterocycles. The summed E-state index contributed by atoms with van der Waals surface area (Å²) in [5, 5.41) is 10.6. The Kier molecular flexibility index (Phi) is 7.08. The lowest BCUT2D eigenvalue weighted by Crippen LogP contribution is -2.43. The van der Waals surface area contributed by atoms with Crippen molar-refractivity contribution in [1.82, 2.24) is 14.9 Å². The summed E-state index contributed by atoms with van der Waals surface area (Å²) in [4.78, 5) is 11.7. The van der Waals surface area contributed by atoms with Gasteiger partial charge in [-0.1, -0.05) is 24.1 Å². The quantitative estimate of drug-likeness (QED) is 0.240. The lowest BCUT2D eigenvalue weighted by atomic mass is 9.95. The molecule has 218 valence electrons. The summed E-state index contributed by atoms with van der Waals surface area (Å²) in [7, 11) is 0. The SMILES string of the molecule is N#Cc1c(N)sc2c(F)ccc(-c3c(Cl)cc4c(OC5CCCCC5)nc(OCC56CCCN5CCC6)nc4c3F)c12. The molecule has 2 aromatic carbocycles. The Morgan fingerprint density at radius 3 is 2.62 bits per heavy atom. The molecule has 0 radical (unpaired) electrons. The van der Waals surface area contributed by atoms with Crippen LogP contribution in [0.1, 0.15) is 63.4 Å². The maximum atomic E-state index is 16.7. The van der Waals surface area contributed by atoms with Crippen molar-refractivity contribution >= 4 is 48.9 Å². The van der Waals surface area contributed by atoms with Crippen LogP contribution in [0.3, 0.4) is 0 Å². The Bertz CT molecular complexity index is 1740. The van der Waals surface area contributed by atoms with Crippen molar-refractivity contribution in [2.45, 2.75) is 69.4 Å². The lowest BCUT2D eigenvalue weighted by Gasteiger charge is -2.31. The molecular formula is C31H30ClF2N5O2S. The predicted molar refractivity (Wildman–Crippen MR) is 160 cm³/mol. The molecule has 3 aliphatic rings. The van der Waals surface area contributed by atoms with E-state index >= 15 is 4.39 Å². The molecule has 4 aromatic rings. The molecule has 0 atom stereocenters. The van der Waals surface area contributed by atoms with Gasteiger partial charge >= 0.3 is 6.01 Å². The number of benzene rings is 2. The Hall–Kier alpha value is -3.26. The minimum absolute atomic E-state index is 0.00315. The standard InChI is InChI=1S/C31H30ClF2N5O2S/c32-21-14-19-26(25(34)24(21)18-8-9-22(33)27-23(18)20(15-35)28(36)42-27)37-30(38-29(19)41-17-6-2-1-3-7-17)40-16-31-10-4-12-39(31)13-5-11-31/h8-9,14,17H,1-7,10-13,16,36H2. The Morgan fingerprint density at radius 2 is 1.88 bits per heavy atom. The van der Waals surface area contributed by atoms with E-state index in [-0.39, 0.29) is 65.9 Å². The number of thiophene rings is 1. The highest BCUT2D eigenvalue weighted by atomic mass is 35.5. The lowest BCUT2D eigenvalue weighted by molar-refractivity contribution is 0.105. The molecule has 11 heteroatoms. The van der Waals surface area contributed by atoms with Crippen molar-refractivity contribution in [3.8, 4) is 29.1 Å². The number of anilines is 1. The summed E-state index contributed by atoms with van der Waals surface area (Å²) in [6.45, 7) is 2.53. The normalized spacial score (nSPS) is 18.9. The van der Waals surface area contributed by atoms with E-state index in [4.69, 9.17) is 26.8 Å². The van der Waals surface area contributed by atoms with Gasteiger partial charge in [-0.3, -0.25) is 4.90 Å². The van der Waals surface area contributed by atoms with Crippen LogP contribution in [0.25, 0.3) is 32.1 Å². The number of nitrogens with zero attached hydrogens (tertiary/aromatic N) is 4. The highest BCUT2D eigenvalue weighted by Gasteiger charge is 2.45. The van der Waals surface area contributed by atoms with Gasteiger partial charge in [0.25, 0.3) is 0 Å². The number of nitrogens with two attached hydrogens (primary N) is 1. The van der Waals surface area contributed by atoms with E-state index in [0.717, 1.165) is 82.2 Å². The van der Waals surface area contributed by atoms with Crippen molar-refractivity contribution in [3.05, 3.63) is 40.4 Å². The molecule has 2 N–H and O–H groups in total. The zero-order valence-corrected chi connectivity index (χ0v) is 24.6. The van der Waals surface area contributed by atoms with Gasteiger partial charge in [0, 0.05) is 10.9 Å². The molecular weight excluding hydrogens is 580 g/mol. The van der Waals surface area contributed by atoms with Gasteiger partial charge in [0.1, 0.15) is 35.1 Å². The van der Waals surface area contributed by atoms with E-state index in [1.807, 2.05) is 6.07 Å². The van der Waals surface area contributed by atoms with Gasteiger partial charge in [-0.15, -0.1) is 11.3 Å². The highest BCUT2D eigenvalue weighted by Crippen LogP contribution is 2.46. The number of halogens is 3. The fourth-order valence-corrected chi connectivity index (χ4v) is 8.30.